The van der Waals surface area contributed by atoms with Crippen molar-refractivity contribution in [2.45, 2.75) is 45.3 Å². The molecule has 3 heterocycles. The van der Waals surface area contributed by atoms with E-state index in [9.17, 15) is 9.18 Å². The molecule has 2 N–H and O–H groups in total. The van der Waals surface area contributed by atoms with Gasteiger partial charge in [-0.05, 0) is 61.7 Å². The van der Waals surface area contributed by atoms with Crippen molar-refractivity contribution in [3.05, 3.63) is 33.6 Å². The standard InChI is InChI=1S/C22H23BrClFN4O2/c1-21(2,3)31-20(30)28-14-8-22(14)6-7-29(10-22)18-11(23)9-26-19-16(18)15-13(27-19)5-4-12(25)17(15)24/h4-5,9,14H,6-8,10H2,1-3H3,(H,26,27)(H,28,30)/t14-,22-/m1/s1. The number of nitrogens with zero attached hydrogens (tertiary/aromatic N) is 2. The van der Waals surface area contributed by atoms with Crippen LogP contribution >= 0.6 is 27.5 Å². The Balaban J connectivity index is 1.46. The first-order chi connectivity index (χ1) is 14.6. The molecular formula is C22H23BrClFN4O2. The first-order valence-electron chi connectivity index (χ1n) is 10.3. The highest BCUT2D eigenvalue weighted by atomic mass is 79.9. The second-order valence-corrected chi connectivity index (χ2v) is 10.8. The predicted octanol–water partition coefficient (Wildman–Crippen LogP) is 5.76. The summed E-state index contributed by atoms with van der Waals surface area (Å²) in [5.41, 5.74) is 1.86. The molecule has 2 aliphatic rings. The van der Waals surface area contributed by atoms with E-state index in [2.05, 4.69) is 36.1 Å². The smallest absolute Gasteiger partial charge is 0.407 e. The molecule has 0 unspecified atom stereocenters. The molecule has 164 valence electrons. The van der Waals surface area contributed by atoms with E-state index in [0.29, 0.717) is 11.0 Å². The Kier molecular flexibility index (Phi) is 4.68. The number of halogens is 3. The molecule has 1 saturated carbocycles. The van der Waals surface area contributed by atoms with Crippen LogP contribution in [-0.4, -0.2) is 40.8 Å². The van der Waals surface area contributed by atoms with Crippen LogP contribution in [0.5, 0.6) is 0 Å². The zero-order valence-corrected chi connectivity index (χ0v) is 19.8. The van der Waals surface area contributed by atoms with Crippen molar-refractivity contribution < 1.29 is 13.9 Å². The molecule has 0 bridgehead atoms. The van der Waals surface area contributed by atoms with Crippen molar-refractivity contribution in [2.75, 3.05) is 18.0 Å². The number of anilines is 1. The minimum absolute atomic E-state index is 0.0209. The number of fused-ring (bicyclic) bond motifs is 3. The van der Waals surface area contributed by atoms with Gasteiger partial charge in [0.1, 0.15) is 17.1 Å². The Morgan fingerprint density at radius 3 is 2.94 bits per heavy atom. The largest absolute Gasteiger partial charge is 0.444 e. The van der Waals surface area contributed by atoms with Gasteiger partial charge in [0.2, 0.25) is 0 Å². The molecule has 3 aromatic rings. The lowest BCUT2D eigenvalue weighted by molar-refractivity contribution is 0.0517. The summed E-state index contributed by atoms with van der Waals surface area (Å²) < 4.78 is 20.5. The Morgan fingerprint density at radius 1 is 1.42 bits per heavy atom. The average Bonchev–Trinajstić information content (AvgIpc) is 3.00. The molecule has 1 amide bonds. The number of aromatic amines is 1. The molecule has 2 aromatic heterocycles. The van der Waals surface area contributed by atoms with E-state index < -0.39 is 11.4 Å². The van der Waals surface area contributed by atoms with Crippen molar-refractivity contribution in [3.8, 4) is 0 Å². The number of carbonyl (C=O) groups excluding carboxylic acids is 1. The average molecular weight is 510 g/mol. The van der Waals surface area contributed by atoms with E-state index in [-0.39, 0.29) is 22.6 Å². The van der Waals surface area contributed by atoms with Crippen LogP contribution in [0.1, 0.15) is 33.6 Å². The molecule has 6 nitrogen and oxygen atoms in total. The predicted molar refractivity (Wildman–Crippen MR) is 123 cm³/mol. The van der Waals surface area contributed by atoms with E-state index in [1.54, 1.807) is 12.3 Å². The highest BCUT2D eigenvalue weighted by molar-refractivity contribution is 9.10. The summed E-state index contributed by atoms with van der Waals surface area (Å²) in [6, 6.07) is 3.13. The van der Waals surface area contributed by atoms with Gasteiger partial charge in [-0.15, -0.1) is 0 Å². The lowest BCUT2D eigenvalue weighted by Crippen LogP contribution is -2.36. The minimum Gasteiger partial charge on any atom is -0.444 e. The van der Waals surface area contributed by atoms with Crippen LogP contribution in [0.15, 0.2) is 22.8 Å². The topological polar surface area (TPSA) is 70.2 Å². The highest BCUT2D eigenvalue weighted by Crippen LogP contribution is 2.55. The van der Waals surface area contributed by atoms with Gasteiger partial charge in [0, 0.05) is 41.6 Å². The van der Waals surface area contributed by atoms with Crippen LogP contribution in [-0.2, 0) is 4.74 Å². The number of amides is 1. The van der Waals surface area contributed by atoms with Crippen molar-refractivity contribution in [2.24, 2.45) is 5.41 Å². The highest BCUT2D eigenvalue weighted by Gasteiger charge is 2.58. The lowest BCUT2D eigenvalue weighted by Gasteiger charge is -2.22. The number of H-pyrrole nitrogens is 1. The summed E-state index contributed by atoms with van der Waals surface area (Å²) in [6.07, 6.45) is 3.25. The molecule has 1 spiro atoms. The minimum atomic E-state index is -0.523. The Hall–Kier alpha value is -2.06. The first kappa shape index (κ1) is 20.8. The fourth-order valence-corrected chi connectivity index (χ4v) is 5.50. The van der Waals surface area contributed by atoms with Gasteiger partial charge in [-0.25, -0.2) is 14.2 Å². The molecule has 5 rings (SSSR count). The summed E-state index contributed by atoms with van der Waals surface area (Å²) in [5.74, 6) is -0.456. The number of aromatic nitrogens is 2. The summed E-state index contributed by atoms with van der Waals surface area (Å²) in [5, 5.41) is 4.56. The third-order valence-electron chi connectivity index (χ3n) is 6.19. The van der Waals surface area contributed by atoms with E-state index in [4.69, 9.17) is 16.3 Å². The lowest BCUT2D eigenvalue weighted by atomic mass is 10.1. The Labute approximate surface area is 192 Å². The van der Waals surface area contributed by atoms with Crippen LogP contribution < -0.4 is 10.2 Å². The number of hydrogen-bond acceptors (Lipinski definition) is 4. The van der Waals surface area contributed by atoms with Crippen molar-refractivity contribution in [1.82, 2.24) is 15.3 Å². The number of hydrogen-bond donors (Lipinski definition) is 2. The molecular weight excluding hydrogens is 487 g/mol. The van der Waals surface area contributed by atoms with E-state index in [1.807, 2.05) is 20.8 Å². The van der Waals surface area contributed by atoms with Gasteiger partial charge in [0.25, 0.3) is 0 Å². The molecule has 1 aromatic carbocycles. The Bertz CT molecular complexity index is 1220. The zero-order chi connectivity index (χ0) is 22.1. The zero-order valence-electron chi connectivity index (χ0n) is 17.5. The maximum absolute atomic E-state index is 14.2. The van der Waals surface area contributed by atoms with E-state index in [1.165, 1.54) is 6.07 Å². The number of nitrogens with one attached hydrogen (secondary N) is 2. The molecule has 9 heteroatoms. The van der Waals surface area contributed by atoms with Crippen LogP contribution in [0.4, 0.5) is 14.9 Å². The molecule has 1 saturated heterocycles. The second-order valence-electron chi connectivity index (χ2n) is 9.52. The summed E-state index contributed by atoms with van der Waals surface area (Å²) in [7, 11) is 0. The first-order valence-corrected chi connectivity index (χ1v) is 11.4. The molecule has 1 aliphatic carbocycles. The summed E-state index contributed by atoms with van der Waals surface area (Å²) in [4.78, 5) is 22.2. The monoisotopic (exact) mass is 508 g/mol. The van der Waals surface area contributed by atoms with Gasteiger partial charge in [-0.2, -0.15) is 0 Å². The normalized spacial score (nSPS) is 23.2. The van der Waals surface area contributed by atoms with Gasteiger partial charge in [0.15, 0.2) is 0 Å². The number of rotatable bonds is 2. The molecule has 2 atom stereocenters. The third kappa shape index (κ3) is 3.53. The quantitative estimate of drug-likeness (QED) is 0.460. The third-order valence-corrected chi connectivity index (χ3v) is 7.14. The fraction of sp³-hybridized carbons (Fsp3) is 0.455. The molecule has 1 aliphatic heterocycles. The SMILES string of the molecule is CC(C)(C)OC(=O)N[C@@H]1C[C@@]12CCN(c1c(Br)cnc3[nH]c4ccc(F)c(Cl)c4c13)C2. The van der Waals surface area contributed by atoms with Crippen LogP contribution in [0.2, 0.25) is 5.02 Å². The number of alkyl carbamates (subject to hydrolysis) is 1. The van der Waals surface area contributed by atoms with E-state index in [0.717, 1.165) is 47.0 Å². The number of benzene rings is 1. The molecule has 31 heavy (non-hydrogen) atoms. The van der Waals surface area contributed by atoms with Crippen molar-refractivity contribution >= 4 is 61.2 Å². The fourth-order valence-electron chi connectivity index (χ4n) is 4.69. The molecule has 0 radical (unpaired) electrons. The van der Waals surface area contributed by atoms with Crippen LogP contribution in [0.25, 0.3) is 21.9 Å². The number of carbonyl (C=O) groups is 1. The van der Waals surface area contributed by atoms with Crippen LogP contribution in [0.3, 0.4) is 0 Å². The number of pyridine rings is 1. The molecule has 2 fully saturated rings. The van der Waals surface area contributed by atoms with Gasteiger partial charge >= 0.3 is 6.09 Å². The van der Waals surface area contributed by atoms with Gasteiger partial charge in [0.05, 0.1) is 20.6 Å². The maximum Gasteiger partial charge on any atom is 0.407 e. The van der Waals surface area contributed by atoms with Crippen molar-refractivity contribution in [3.63, 3.8) is 0 Å². The van der Waals surface area contributed by atoms with Gasteiger partial charge < -0.3 is 19.9 Å². The number of ether oxygens (including phenoxy) is 1. The van der Waals surface area contributed by atoms with Gasteiger partial charge in [-0.1, -0.05) is 11.6 Å². The second kappa shape index (κ2) is 6.97. The maximum atomic E-state index is 14.2. The van der Waals surface area contributed by atoms with Crippen molar-refractivity contribution in [1.29, 1.82) is 0 Å². The summed E-state index contributed by atoms with van der Waals surface area (Å²) in [6.45, 7) is 7.17. The van der Waals surface area contributed by atoms with Gasteiger partial charge in [-0.3, -0.25) is 0 Å². The van der Waals surface area contributed by atoms with Crippen LogP contribution in [0, 0.1) is 11.2 Å². The Morgan fingerprint density at radius 2 is 2.19 bits per heavy atom. The summed E-state index contributed by atoms with van der Waals surface area (Å²) >= 11 is 10.0. The van der Waals surface area contributed by atoms with E-state index >= 15 is 0 Å².